The van der Waals surface area contributed by atoms with Gasteiger partial charge in [-0.2, -0.15) is 0 Å². The first kappa shape index (κ1) is 14.4. The third-order valence-corrected chi connectivity index (χ3v) is 4.18. The van der Waals surface area contributed by atoms with Crippen molar-refractivity contribution in [1.29, 1.82) is 0 Å². The highest BCUT2D eigenvalue weighted by Gasteiger charge is 2.41. The molecule has 0 aliphatic carbocycles. The van der Waals surface area contributed by atoms with Crippen molar-refractivity contribution in [2.75, 3.05) is 4.90 Å². The van der Waals surface area contributed by atoms with Crippen LogP contribution in [0.1, 0.15) is 51.2 Å². The van der Waals surface area contributed by atoms with Gasteiger partial charge in [-0.25, -0.2) is 0 Å². The Balaban J connectivity index is 2.64. The molecule has 1 heterocycles. The van der Waals surface area contributed by atoms with Crippen LogP contribution < -0.4 is 4.90 Å². The normalized spacial score (nSPS) is 22.8. The molecule has 0 spiro atoms. The Labute approximate surface area is 120 Å². The quantitative estimate of drug-likeness (QED) is 0.704. The first-order chi connectivity index (χ1) is 8.75. The van der Waals surface area contributed by atoms with Crippen LogP contribution in [0, 0.1) is 6.92 Å². The Morgan fingerprint density at radius 1 is 1.47 bits per heavy atom. The molecular formula is C16H22ClNO. The second-order valence-corrected chi connectivity index (χ2v) is 6.87. The summed E-state index contributed by atoms with van der Waals surface area (Å²) in [6.45, 7) is 10.3. The number of amides is 1. The topological polar surface area (TPSA) is 20.3 Å². The molecule has 1 aliphatic heterocycles. The van der Waals surface area contributed by atoms with Crippen LogP contribution in [0.4, 0.5) is 5.69 Å². The molecule has 0 N–H and O–H groups in total. The molecule has 0 radical (unpaired) electrons. The zero-order valence-corrected chi connectivity index (χ0v) is 13.1. The molecule has 0 unspecified atom stereocenters. The molecule has 1 aliphatic rings. The SMILES string of the molecule is Cc1cccc2c1N(C(=O)[C@@H](C)Cl)C(C)(C)C[C@@H]2C. The Bertz CT molecular complexity index is 507. The number of carbonyl (C=O) groups is 1. The smallest absolute Gasteiger partial charge is 0.245 e. The van der Waals surface area contributed by atoms with Crippen molar-refractivity contribution in [1.82, 2.24) is 0 Å². The minimum Gasteiger partial charge on any atom is -0.305 e. The summed E-state index contributed by atoms with van der Waals surface area (Å²) in [5, 5.41) is -0.500. The van der Waals surface area contributed by atoms with Crippen molar-refractivity contribution in [3.63, 3.8) is 0 Å². The van der Waals surface area contributed by atoms with E-state index in [4.69, 9.17) is 11.6 Å². The van der Waals surface area contributed by atoms with E-state index in [1.165, 1.54) is 5.56 Å². The highest BCUT2D eigenvalue weighted by molar-refractivity contribution is 6.32. The number of benzene rings is 1. The lowest BCUT2D eigenvalue weighted by atomic mass is 9.79. The second-order valence-electron chi connectivity index (χ2n) is 6.22. The Morgan fingerprint density at radius 2 is 2.11 bits per heavy atom. The molecule has 0 fully saturated rings. The van der Waals surface area contributed by atoms with E-state index in [1.807, 2.05) is 4.90 Å². The predicted molar refractivity (Wildman–Crippen MR) is 81.1 cm³/mol. The molecule has 19 heavy (non-hydrogen) atoms. The number of rotatable bonds is 1. The van der Waals surface area contributed by atoms with E-state index < -0.39 is 5.38 Å². The number of fused-ring (bicyclic) bond motifs is 1. The average molecular weight is 280 g/mol. The van der Waals surface area contributed by atoms with E-state index in [0.717, 1.165) is 17.7 Å². The molecule has 1 amide bonds. The van der Waals surface area contributed by atoms with E-state index >= 15 is 0 Å². The summed E-state index contributed by atoms with van der Waals surface area (Å²) in [6, 6.07) is 6.25. The van der Waals surface area contributed by atoms with Crippen LogP contribution in [-0.4, -0.2) is 16.8 Å². The third-order valence-electron chi connectivity index (χ3n) is 4.00. The van der Waals surface area contributed by atoms with Crippen molar-refractivity contribution >= 4 is 23.2 Å². The van der Waals surface area contributed by atoms with Crippen LogP contribution in [0.3, 0.4) is 0 Å². The highest BCUT2D eigenvalue weighted by Crippen LogP contribution is 2.45. The van der Waals surface area contributed by atoms with E-state index in [-0.39, 0.29) is 11.4 Å². The summed E-state index contributed by atoms with van der Waals surface area (Å²) >= 11 is 6.05. The van der Waals surface area contributed by atoms with Crippen LogP contribution in [0.15, 0.2) is 18.2 Å². The fraction of sp³-hybridized carbons (Fsp3) is 0.562. The summed E-state index contributed by atoms with van der Waals surface area (Å²) in [6.07, 6.45) is 0.957. The van der Waals surface area contributed by atoms with Crippen molar-refractivity contribution in [3.05, 3.63) is 29.3 Å². The summed E-state index contributed by atoms with van der Waals surface area (Å²) in [7, 11) is 0. The number of aryl methyl sites for hydroxylation is 1. The maximum absolute atomic E-state index is 12.5. The Kier molecular flexibility index (Phi) is 3.65. The second kappa shape index (κ2) is 4.82. The van der Waals surface area contributed by atoms with Crippen molar-refractivity contribution in [3.8, 4) is 0 Å². The molecule has 0 aromatic heterocycles. The van der Waals surface area contributed by atoms with Gasteiger partial charge >= 0.3 is 0 Å². The molecule has 2 atom stereocenters. The van der Waals surface area contributed by atoms with Crippen LogP contribution in [-0.2, 0) is 4.79 Å². The number of halogens is 1. The van der Waals surface area contributed by atoms with Gasteiger partial charge in [-0.1, -0.05) is 25.1 Å². The van der Waals surface area contributed by atoms with Gasteiger partial charge in [-0.05, 0) is 51.2 Å². The lowest BCUT2D eigenvalue weighted by Crippen LogP contribution is -2.54. The fourth-order valence-electron chi connectivity index (χ4n) is 3.22. The summed E-state index contributed by atoms with van der Waals surface area (Å²) in [5.41, 5.74) is 3.26. The van der Waals surface area contributed by atoms with Crippen LogP contribution >= 0.6 is 11.6 Å². The van der Waals surface area contributed by atoms with E-state index in [9.17, 15) is 4.79 Å². The molecule has 0 saturated carbocycles. The van der Waals surface area contributed by atoms with Crippen LogP contribution in [0.5, 0.6) is 0 Å². The largest absolute Gasteiger partial charge is 0.305 e. The van der Waals surface area contributed by atoms with Gasteiger partial charge in [0.2, 0.25) is 5.91 Å². The zero-order chi connectivity index (χ0) is 14.4. The molecule has 104 valence electrons. The Morgan fingerprint density at radius 3 is 2.68 bits per heavy atom. The van der Waals surface area contributed by atoms with Gasteiger partial charge in [0.25, 0.3) is 0 Å². The number of carbonyl (C=O) groups excluding carboxylic acids is 1. The Hall–Kier alpha value is -1.02. The molecule has 2 nitrogen and oxygen atoms in total. The highest BCUT2D eigenvalue weighted by atomic mass is 35.5. The average Bonchev–Trinajstić information content (AvgIpc) is 2.29. The number of hydrogen-bond donors (Lipinski definition) is 0. The predicted octanol–water partition coefficient (Wildman–Crippen LogP) is 4.24. The van der Waals surface area contributed by atoms with Crippen molar-refractivity contribution < 1.29 is 4.79 Å². The molecule has 1 aromatic carbocycles. The fourth-order valence-corrected chi connectivity index (χ4v) is 3.32. The molecule has 3 heteroatoms. The number of anilines is 1. The number of hydrogen-bond acceptors (Lipinski definition) is 1. The van der Waals surface area contributed by atoms with Crippen molar-refractivity contribution in [2.45, 2.75) is 57.9 Å². The lowest BCUT2D eigenvalue weighted by Gasteiger charge is -2.47. The maximum atomic E-state index is 12.5. The van der Waals surface area contributed by atoms with Gasteiger partial charge < -0.3 is 4.90 Å². The van der Waals surface area contributed by atoms with E-state index in [1.54, 1.807) is 6.92 Å². The van der Waals surface area contributed by atoms with Gasteiger partial charge in [0.15, 0.2) is 0 Å². The summed E-state index contributed by atoms with van der Waals surface area (Å²) < 4.78 is 0. The number of para-hydroxylation sites is 1. The molecule has 0 saturated heterocycles. The van der Waals surface area contributed by atoms with Gasteiger partial charge in [0.05, 0.1) is 5.69 Å². The first-order valence-electron chi connectivity index (χ1n) is 6.83. The van der Waals surface area contributed by atoms with E-state index in [0.29, 0.717) is 5.92 Å². The summed E-state index contributed by atoms with van der Waals surface area (Å²) in [4.78, 5) is 14.4. The zero-order valence-electron chi connectivity index (χ0n) is 12.3. The molecule has 2 rings (SSSR count). The van der Waals surface area contributed by atoms with Gasteiger partial charge in [0.1, 0.15) is 5.38 Å². The standard InChI is InChI=1S/C16H22ClNO/c1-10-7-6-8-13-11(2)9-16(4,5)18(14(10)13)15(19)12(3)17/h6-8,11-12H,9H2,1-5H3/t11-,12+/m0/s1. The maximum Gasteiger partial charge on any atom is 0.245 e. The van der Waals surface area contributed by atoms with Gasteiger partial charge in [-0.15, -0.1) is 11.6 Å². The van der Waals surface area contributed by atoms with Crippen molar-refractivity contribution in [2.24, 2.45) is 0 Å². The summed E-state index contributed by atoms with van der Waals surface area (Å²) in [5.74, 6) is 0.452. The first-order valence-corrected chi connectivity index (χ1v) is 7.27. The lowest BCUT2D eigenvalue weighted by molar-refractivity contribution is -0.119. The molecular weight excluding hydrogens is 258 g/mol. The molecule has 0 bridgehead atoms. The number of alkyl halides is 1. The monoisotopic (exact) mass is 279 g/mol. The third kappa shape index (κ3) is 2.38. The minimum atomic E-state index is -0.500. The molecule has 1 aromatic rings. The van der Waals surface area contributed by atoms with Gasteiger partial charge in [0, 0.05) is 5.54 Å². The number of nitrogens with zero attached hydrogens (tertiary/aromatic N) is 1. The van der Waals surface area contributed by atoms with Gasteiger partial charge in [-0.3, -0.25) is 4.79 Å². The van der Waals surface area contributed by atoms with Crippen LogP contribution in [0.2, 0.25) is 0 Å². The van der Waals surface area contributed by atoms with Crippen LogP contribution in [0.25, 0.3) is 0 Å². The van der Waals surface area contributed by atoms with E-state index in [2.05, 4.69) is 45.9 Å². The minimum absolute atomic E-state index is 0.00545.